The third-order valence-electron chi connectivity index (χ3n) is 5.24. The van der Waals surface area contributed by atoms with Crippen LogP contribution in [0.1, 0.15) is 11.1 Å². The van der Waals surface area contributed by atoms with E-state index in [9.17, 15) is 17.6 Å². The minimum atomic E-state index is -3.60. The van der Waals surface area contributed by atoms with Gasteiger partial charge in [-0.15, -0.1) is 0 Å². The Bertz CT molecular complexity index is 1370. The first-order valence-electron chi connectivity index (χ1n) is 10.7. The second-order valence-electron chi connectivity index (χ2n) is 7.78. The molecule has 172 valence electrons. The van der Waals surface area contributed by atoms with Crippen molar-refractivity contribution in [1.82, 2.24) is 5.32 Å². The first-order chi connectivity index (χ1) is 16.4. The highest BCUT2D eigenvalue weighted by molar-refractivity contribution is 7.90. The van der Waals surface area contributed by atoms with E-state index in [0.717, 1.165) is 11.1 Å². The number of anilines is 1. The standard InChI is InChI=1S/C27H23FN2O3S/c28-24-13-11-22(12-14-24)23-7-4-8-26(17-23)34(32,33)19-21-9-15-25(16-10-21)30-27(31)29-18-20-5-2-1-3-6-20/h1-17H,18-19H2,(H2,29,30,31). The lowest BCUT2D eigenvalue weighted by Gasteiger charge is -2.10. The number of hydrogen-bond donors (Lipinski definition) is 2. The van der Waals surface area contributed by atoms with Gasteiger partial charge in [-0.25, -0.2) is 17.6 Å². The van der Waals surface area contributed by atoms with Crippen LogP contribution in [0.2, 0.25) is 0 Å². The molecule has 4 aromatic carbocycles. The molecule has 0 bridgehead atoms. The van der Waals surface area contributed by atoms with Gasteiger partial charge in [-0.2, -0.15) is 0 Å². The molecule has 0 aliphatic carbocycles. The molecule has 0 heterocycles. The van der Waals surface area contributed by atoms with Crippen LogP contribution in [0.4, 0.5) is 14.9 Å². The lowest BCUT2D eigenvalue weighted by atomic mass is 10.1. The van der Waals surface area contributed by atoms with E-state index in [-0.39, 0.29) is 22.5 Å². The van der Waals surface area contributed by atoms with Crippen LogP contribution < -0.4 is 10.6 Å². The van der Waals surface area contributed by atoms with Crippen molar-refractivity contribution in [2.24, 2.45) is 0 Å². The quantitative estimate of drug-likeness (QED) is 0.356. The number of hydrogen-bond acceptors (Lipinski definition) is 3. The van der Waals surface area contributed by atoms with Crippen molar-refractivity contribution in [3.63, 3.8) is 0 Å². The van der Waals surface area contributed by atoms with E-state index in [4.69, 9.17) is 0 Å². The van der Waals surface area contributed by atoms with Crippen LogP contribution in [-0.2, 0) is 22.1 Å². The second-order valence-corrected chi connectivity index (χ2v) is 9.77. The van der Waals surface area contributed by atoms with Gasteiger partial charge in [0.05, 0.1) is 10.6 Å². The summed E-state index contributed by atoms with van der Waals surface area (Å²) in [4.78, 5) is 12.3. The highest BCUT2D eigenvalue weighted by atomic mass is 32.2. The largest absolute Gasteiger partial charge is 0.334 e. The maximum atomic E-state index is 13.2. The topological polar surface area (TPSA) is 75.3 Å². The van der Waals surface area contributed by atoms with E-state index in [2.05, 4.69) is 10.6 Å². The Kier molecular flexibility index (Phi) is 7.04. The van der Waals surface area contributed by atoms with Crippen molar-refractivity contribution in [3.05, 3.63) is 120 Å². The molecule has 7 heteroatoms. The lowest BCUT2D eigenvalue weighted by molar-refractivity contribution is 0.251. The number of nitrogens with one attached hydrogen (secondary N) is 2. The minimum Gasteiger partial charge on any atom is -0.334 e. The van der Waals surface area contributed by atoms with Crippen LogP contribution in [0.5, 0.6) is 0 Å². The molecule has 0 saturated heterocycles. The van der Waals surface area contributed by atoms with Crippen LogP contribution in [-0.4, -0.2) is 14.4 Å². The highest BCUT2D eigenvalue weighted by Gasteiger charge is 2.16. The SMILES string of the molecule is O=C(NCc1ccccc1)Nc1ccc(CS(=O)(=O)c2cccc(-c3ccc(F)cc3)c2)cc1. The van der Waals surface area contributed by atoms with Crippen LogP contribution in [0.3, 0.4) is 0 Å². The van der Waals surface area contributed by atoms with Gasteiger partial charge in [0.1, 0.15) is 5.82 Å². The molecule has 0 saturated carbocycles. The molecule has 0 fully saturated rings. The zero-order chi connectivity index (χ0) is 24.0. The third kappa shape index (κ3) is 6.08. The Morgan fingerprint density at radius 3 is 2.15 bits per heavy atom. The molecular formula is C27H23FN2O3S. The molecule has 0 unspecified atom stereocenters. The maximum absolute atomic E-state index is 13.2. The molecule has 0 aromatic heterocycles. The third-order valence-corrected chi connectivity index (χ3v) is 6.92. The van der Waals surface area contributed by atoms with Crippen LogP contribution >= 0.6 is 0 Å². The Balaban J connectivity index is 1.39. The van der Waals surface area contributed by atoms with E-state index in [1.54, 1.807) is 60.7 Å². The molecule has 0 radical (unpaired) electrons. The van der Waals surface area contributed by atoms with Gasteiger partial charge in [-0.1, -0.05) is 66.7 Å². The summed E-state index contributed by atoms with van der Waals surface area (Å²) in [6.45, 7) is 0.403. The zero-order valence-corrected chi connectivity index (χ0v) is 19.1. The summed E-state index contributed by atoms with van der Waals surface area (Å²) in [6.07, 6.45) is 0. The molecule has 0 atom stereocenters. The Hall–Kier alpha value is -3.97. The first kappa shape index (κ1) is 23.2. The lowest BCUT2D eigenvalue weighted by Crippen LogP contribution is -2.28. The monoisotopic (exact) mass is 474 g/mol. The summed E-state index contributed by atoms with van der Waals surface area (Å²) < 4.78 is 39.2. The number of urea groups is 1. The normalized spacial score (nSPS) is 11.1. The molecule has 0 aliphatic rings. The fourth-order valence-electron chi connectivity index (χ4n) is 3.45. The summed E-state index contributed by atoms with van der Waals surface area (Å²) in [5, 5.41) is 5.51. The predicted octanol–water partition coefficient (Wildman–Crippen LogP) is 5.79. The number of amides is 2. The molecular weight excluding hydrogens is 451 g/mol. The first-order valence-corrected chi connectivity index (χ1v) is 12.3. The Morgan fingerprint density at radius 1 is 0.735 bits per heavy atom. The summed E-state index contributed by atoms with van der Waals surface area (Å²) in [7, 11) is -3.60. The van der Waals surface area contributed by atoms with Crippen LogP contribution in [0.25, 0.3) is 11.1 Å². The van der Waals surface area contributed by atoms with Gasteiger partial charge in [0, 0.05) is 12.2 Å². The number of halogens is 1. The fraction of sp³-hybridized carbons (Fsp3) is 0.0741. The fourth-order valence-corrected chi connectivity index (χ4v) is 4.84. The molecule has 4 rings (SSSR count). The van der Waals surface area contributed by atoms with Gasteiger partial charge in [-0.3, -0.25) is 0 Å². The van der Waals surface area contributed by atoms with E-state index < -0.39 is 9.84 Å². The van der Waals surface area contributed by atoms with Gasteiger partial charge in [-0.05, 0) is 58.7 Å². The van der Waals surface area contributed by atoms with Gasteiger partial charge >= 0.3 is 6.03 Å². The molecule has 34 heavy (non-hydrogen) atoms. The van der Waals surface area contributed by atoms with Crippen molar-refractivity contribution >= 4 is 21.6 Å². The van der Waals surface area contributed by atoms with Crippen LogP contribution in [0, 0.1) is 5.82 Å². The average molecular weight is 475 g/mol. The van der Waals surface area contributed by atoms with Gasteiger partial charge in [0.2, 0.25) is 0 Å². The van der Waals surface area contributed by atoms with E-state index in [1.165, 1.54) is 12.1 Å². The number of rotatable bonds is 7. The average Bonchev–Trinajstić information content (AvgIpc) is 2.85. The van der Waals surface area contributed by atoms with Crippen molar-refractivity contribution in [3.8, 4) is 11.1 Å². The number of carbonyl (C=O) groups excluding carboxylic acids is 1. The molecule has 0 spiro atoms. The molecule has 2 amide bonds. The molecule has 2 N–H and O–H groups in total. The van der Waals surface area contributed by atoms with Crippen molar-refractivity contribution < 1.29 is 17.6 Å². The van der Waals surface area contributed by atoms with Gasteiger partial charge < -0.3 is 10.6 Å². The van der Waals surface area contributed by atoms with Gasteiger partial charge in [0.25, 0.3) is 0 Å². The molecule has 4 aromatic rings. The summed E-state index contributed by atoms with van der Waals surface area (Å²) in [5.41, 5.74) is 3.58. The Labute approximate surface area is 198 Å². The van der Waals surface area contributed by atoms with Crippen LogP contribution in [0.15, 0.2) is 108 Å². The van der Waals surface area contributed by atoms with E-state index in [1.807, 2.05) is 30.3 Å². The Morgan fingerprint density at radius 2 is 1.44 bits per heavy atom. The number of benzene rings is 4. The highest BCUT2D eigenvalue weighted by Crippen LogP contribution is 2.25. The predicted molar refractivity (Wildman–Crippen MR) is 131 cm³/mol. The second kappa shape index (κ2) is 10.3. The van der Waals surface area contributed by atoms with Gasteiger partial charge in [0.15, 0.2) is 9.84 Å². The number of sulfone groups is 1. The van der Waals surface area contributed by atoms with Crippen molar-refractivity contribution in [2.45, 2.75) is 17.2 Å². The zero-order valence-electron chi connectivity index (χ0n) is 18.2. The minimum absolute atomic E-state index is 0.180. The number of carbonyl (C=O) groups is 1. The smallest absolute Gasteiger partial charge is 0.319 e. The van der Waals surface area contributed by atoms with Crippen molar-refractivity contribution in [2.75, 3.05) is 5.32 Å². The molecule has 0 aliphatic heterocycles. The summed E-state index contributed by atoms with van der Waals surface area (Å²) in [5.74, 6) is -0.528. The molecule has 5 nitrogen and oxygen atoms in total. The maximum Gasteiger partial charge on any atom is 0.319 e. The summed E-state index contributed by atoms with van der Waals surface area (Å²) >= 11 is 0. The van der Waals surface area contributed by atoms with Crippen molar-refractivity contribution in [1.29, 1.82) is 0 Å². The summed E-state index contributed by atoms with van der Waals surface area (Å²) in [6, 6.07) is 28.4. The van der Waals surface area contributed by atoms with E-state index in [0.29, 0.717) is 23.4 Å². The van der Waals surface area contributed by atoms with E-state index >= 15 is 0 Å².